The zero-order valence-electron chi connectivity index (χ0n) is 23.9. The number of amides is 3. The molecule has 0 spiro atoms. The highest BCUT2D eigenvalue weighted by atomic mass is 16.4. The molecule has 0 aromatic rings. The first kappa shape index (κ1) is 34.6. The van der Waals surface area contributed by atoms with Crippen LogP contribution >= 0.6 is 0 Å². The Labute approximate surface area is 223 Å². The Kier molecular flexibility index (Phi) is 18.3. The van der Waals surface area contributed by atoms with Crippen molar-refractivity contribution in [2.24, 2.45) is 11.8 Å². The summed E-state index contributed by atoms with van der Waals surface area (Å²) < 4.78 is 0. The fourth-order valence-corrected chi connectivity index (χ4v) is 4.17. The second kappa shape index (κ2) is 19.6. The highest BCUT2D eigenvalue weighted by Crippen LogP contribution is 2.21. The Morgan fingerprint density at radius 2 is 1.30 bits per heavy atom. The average Bonchev–Trinajstić information content (AvgIpc) is 2.85. The van der Waals surface area contributed by atoms with Crippen molar-refractivity contribution >= 4 is 29.5 Å². The van der Waals surface area contributed by atoms with E-state index in [1.165, 1.54) is 13.3 Å². The third kappa shape index (κ3) is 15.4. The number of hydrogen-bond acceptors (Lipinski definition) is 5. The molecule has 5 atom stereocenters. The molecule has 0 radical (unpaired) electrons. The summed E-state index contributed by atoms with van der Waals surface area (Å²) in [7, 11) is 0. The number of carboxylic acid groups (broad SMARTS) is 1. The van der Waals surface area contributed by atoms with Crippen LogP contribution in [0, 0.1) is 11.8 Å². The lowest BCUT2D eigenvalue weighted by atomic mass is 9.92. The first-order valence-corrected chi connectivity index (χ1v) is 14.1. The molecule has 4 N–H and O–H groups in total. The van der Waals surface area contributed by atoms with E-state index in [9.17, 15) is 24.0 Å². The van der Waals surface area contributed by atoms with Crippen molar-refractivity contribution in [3.63, 3.8) is 0 Å². The van der Waals surface area contributed by atoms with Gasteiger partial charge in [-0.05, 0) is 45.4 Å². The molecule has 0 heterocycles. The number of Topliss-reactive ketones (excluding diaryl/α,β-unsaturated/α-hetero) is 1. The molecular weight excluding hydrogens is 474 g/mol. The van der Waals surface area contributed by atoms with Crippen molar-refractivity contribution in [1.82, 2.24) is 16.0 Å². The second-order valence-corrected chi connectivity index (χ2v) is 10.3. The predicted octanol–water partition coefficient (Wildman–Crippen LogP) is 4.13. The molecule has 37 heavy (non-hydrogen) atoms. The Hall–Kier alpha value is -2.45. The van der Waals surface area contributed by atoms with Gasteiger partial charge in [0.1, 0.15) is 12.1 Å². The van der Waals surface area contributed by atoms with Gasteiger partial charge in [0, 0.05) is 18.8 Å². The average molecular weight is 526 g/mol. The van der Waals surface area contributed by atoms with Crippen LogP contribution in [0.15, 0.2) is 0 Å². The number of aliphatic carboxylic acids is 1. The van der Waals surface area contributed by atoms with E-state index in [2.05, 4.69) is 29.8 Å². The molecule has 0 saturated heterocycles. The summed E-state index contributed by atoms with van der Waals surface area (Å²) in [5.41, 5.74) is 0. The molecule has 0 saturated carbocycles. The van der Waals surface area contributed by atoms with Gasteiger partial charge in [-0.25, -0.2) is 0 Å². The molecule has 0 aliphatic rings. The van der Waals surface area contributed by atoms with E-state index in [4.69, 9.17) is 5.11 Å². The van der Waals surface area contributed by atoms with Crippen LogP contribution in [-0.2, 0) is 24.0 Å². The second-order valence-electron chi connectivity index (χ2n) is 10.3. The van der Waals surface area contributed by atoms with Crippen LogP contribution in [0.1, 0.15) is 119 Å². The molecule has 0 aliphatic carbocycles. The third-order valence-electron chi connectivity index (χ3n) is 6.84. The van der Waals surface area contributed by atoms with Gasteiger partial charge in [0.2, 0.25) is 17.7 Å². The van der Waals surface area contributed by atoms with E-state index >= 15 is 0 Å². The van der Waals surface area contributed by atoms with E-state index < -0.39 is 35.9 Å². The van der Waals surface area contributed by atoms with Crippen molar-refractivity contribution in [3.05, 3.63) is 0 Å². The Bertz CT molecular complexity index is 727. The first-order valence-electron chi connectivity index (χ1n) is 14.1. The fraction of sp³-hybridized carbons (Fsp3) is 0.821. The van der Waals surface area contributed by atoms with Gasteiger partial charge in [0.15, 0.2) is 5.78 Å². The number of carbonyl (C=O) groups excluding carboxylic acids is 4. The van der Waals surface area contributed by atoms with Gasteiger partial charge in [-0.3, -0.25) is 24.0 Å². The standard InChI is InChI=1S/C28H51N3O6/c1-7-10-12-13-15-22(14-11-8-2)18-24(32)31-23(16-17-25(33)34)28(37)30-21(6)27(36)29-20(5)26(35)19(4)9-3/h19-23H,7-18H2,1-6H3,(H,29,36)(H,30,37)(H,31,32)(H,33,34)/t19?,20-,21-,22?,23-/m0/s1. The maximum atomic E-state index is 12.9. The van der Waals surface area contributed by atoms with Crippen molar-refractivity contribution in [2.75, 3.05) is 0 Å². The summed E-state index contributed by atoms with van der Waals surface area (Å²) in [4.78, 5) is 61.7. The lowest BCUT2D eigenvalue weighted by Crippen LogP contribution is -2.54. The topological polar surface area (TPSA) is 142 Å². The van der Waals surface area contributed by atoms with E-state index in [0.29, 0.717) is 6.42 Å². The molecule has 9 heteroatoms. The highest BCUT2D eigenvalue weighted by Gasteiger charge is 2.28. The Balaban J connectivity index is 5.14. The Morgan fingerprint density at radius 1 is 0.703 bits per heavy atom. The highest BCUT2D eigenvalue weighted by molar-refractivity contribution is 5.94. The SMILES string of the molecule is CCCCCCC(CCCC)CC(=O)N[C@@H](CCC(=O)O)C(=O)N[C@@H](C)C(=O)N[C@@H](C)C(=O)C(C)CC. The van der Waals surface area contributed by atoms with Gasteiger partial charge in [0.25, 0.3) is 0 Å². The number of ketones is 1. The number of nitrogens with one attached hydrogen (secondary N) is 3. The number of carboxylic acids is 1. The predicted molar refractivity (Wildman–Crippen MR) is 145 cm³/mol. The molecule has 2 unspecified atom stereocenters. The van der Waals surface area contributed by atoms with Crippen molar-refractivity contribution in [3.8, 4) is 0 Å². The minimum Gasteiger partial charge on any atom is -0.481 e. The molecule has 0 rings (SSSR count). The summed E-state index contributed by atoms with van der Waals surface area (Å²) in [5, 5.41) is 17.0. The van der Waals surface area contributed by atoms with Gasteiger partial charge in [-0.15, -0.1) is 0 Å². The maximum Gasteiger partial charge on any atom is 0.303 e. The monoisotopic (exact) mass is 525 g/mol. The number of hydrogen-bond donors (Lipinski definition) is 4. The molecule has 0 aromatic heterocycles. The van der Waals surface area contributed by atoms with Gasteiger partial charge < -0.3 is 21.1 Å². The van der Waals surface area contributed by atoms with Crippen LogP contribution in [0.25, 0.3) is 0 Å². The smallest absolute Gasteiger partial charge is 0.303 e. The van der Waals surface area contributed by atoms with Crippen LogP contribution in [-0.4, -0.2) is 52.7 Å². The molecule has 0 bridgehead atoms. The minimum absolute atomic E-state index is 0.0831. The van der Waals surface area contributed by atoms with E-state index in [1.807, 2.05) is 6.92 Å². The lowest BCUT2D eigenvalue weighted by molar-refractivity contribution is -0.138. The molecule has 214 valence electrons. The maximum absolute atomic E-state index is 12.9. The number of carbonyl (C=O) groups is 5. The molecule has 0 fully saturated rings. The van der Waals surface area contributed by atoms with Gasteiger partial charge in [-0.1, -0.05) is 66.2 Å². The summed E-state index contributed by atoms with van der Waals surface area (Å²) in [6.07, 6.45) is 9.02. The minimum atomic E-state index is -1.08. The van der Waals surface area contributed by atoms with Gasteiger partial charge in [-0.2, -0.15) is 0 Å². The lowest BCUT2D eigenvalue weighted by Gasteiger charge is -2.23. The summed E-state index contributed by atoms with van der Waals surface area (Å²) in [5.74, 6) is -2.57. The molecular formula is C28H51N3O6. The molecule has 0 aromatic carbocycles. The first-order chi connectivity index (χ1) is 17.5. The van der Waals surface area contributed by atoms with Crippen LogP contribution in [0.4, 0.5) is 0 Å². The van der Waals surface area contributed by atoms with E-state index in [1.54, 1.807) is 13.8 Å². The molecule has 9 nitrogen and oxygen atoms in total. The van der Waals surface area contributed by atoms with E-state index in [-0.39, 0.29) is 42.8 Å². The van der Waals surface area contributed by atoms with Crippen LogP contribution in [0.3, 0.4) is 0 Å². The summed E-state index contributed by atoms with van der Waals surface area (Å²) in [6, 6.07) is -2.72. The summed E-state index contributed by atoms with van der Waals surface area (Å²) >= 11 is 0. The van der Waals surface area contributed by atoms with Crippen LogP contribution in [0.5, 0.6) is 0 Å². The quantitative estimate of drug-likeness (QED) is 0.166. The zero-order valence-corrected chi connectivity index (χ0v) is 23.9. The van der Waals surface area contributed by atoms with Crippen molar-refractivity contribution in [1.29, 1.82) is 0 Å². The normalized spacial score (nSPS) is 15.1. The number of unbranched alkanes of at least 4 members (excludes halogenated alkanes) is 4. The third-order valence-corrected chi connectivity index (χ3v) is 6.84. The van der Waals surface area contributed by atoms with Gasteiger partial charge in [0.05, 0.1) is 6.04 Å². The largest absolute Gasteiger partial charge is 0.481 e. The number of rotatable bonds is 21. The van der Waals surface area contributed by atoms with Crippen molar-refractivity contribution < 1.29 is 29.1 Å². The molecule has 3 amide bonds. The molecule has 0 aliphatic heterocycles. The van der Waals surface area contributed by atoms with Gasteiger partial charge >= 0.3 is 5.97 Å². The van der Waals surface area contributed by atoms with E-state index in [0.717, 1.165) is 44.9 Å². The van der Waals surface area contributed by atoms with Crippen molar-refractivity contribution in [2.45, 2.75) is 137 Å². The summed E-state index contributed by atoms with van der Waals surface area (Å²) in [6.45, 7) is 11.0. The fourth-order valence-electron chi connectivity index (χ4n) is 4.17. The van der Waals surface area contributed by atoms with Crippen LogP contribution in [0.2, 0.25) is 0 Å². The Morgan fingerprint density at radius 3 is 1.86 bits per heavy atom. The zero-order chi connectivity index (χ0) is 28.4. The van der Waals surface area contributed by atoms with Crippen LogP contribution < -0.4 is 16.0 Å².